The van der Waals surface area contributed by atoms with Gasteiger partial charge in [0.25, 0.3) is 0 Å². The van der Waals surface area contributed by atoms with Crippen molar-refractivity contribution in [3.8, 4) is 0 Å². The maximum atomic E-state index is 11.6. The molecule has 0 unspecified atom stereocenters. The molecule has 17 heteroatoms. The zero-order chi connectivity index (χ0) is 42.1. The molecule has 0 aliphatic carbocycles. The third-order valence-electron chi connectivity index (χ3n) is 7.00. The molecule has 57 heavy (non-hydrogen) atoms. The van der Waals surface area contributed by atoms with Crippen molar-refractivity contribution in [3.05, 3.63) is 70.8 Å². The van der Waals surface area contributed by atoms with Gasteiger partial charge in [-0.15, -0.1) is 0 Å². The van der Waals surface area contributed by atoms with E-state index < -0.39 is 23.9 Å². The Morgan fingerprint density at radius 2 is 0.825 bits per heavy atom. The van der Waals surface area contributed by atoms with Crippen LogP contribution in [0.2, 0.25) is 0 Å². The zero-order valence-electron chi connectivity index (χ0n) is 33.0. The molecule has 2 aromatic rings. The van der Waals surface area contributed by atoms with E-state index in [1.807, 2.05) is 0 Å². The third kappa shape index (κ3) is 33.7. The van der Waals surface area contributed by atoms with Gasteiger partial charge in [0.05, 0.1) is 43.1 Å². The summed E-state index contributed by atoms with van der Waals surface area (Å²) in [6, 6.07) is 11.6. The van der Waals surface area contributed by atoms with Crippen LogP contribution in [0.5, 0.6) is 0 Å². The van der Waals surface area contributed by atoms with Crippen LogP contribution in [0.1, 0.15) is 120 Å². The van der Waals surface area contributed by atoms with Crippen molar-refractivity contribution in [1.82, 2.24) is 0 Å². The van der Waals surface area contributed by atoms with Crippen LogP contribution in [0.15, 0.2) is 48.5 Å². The molecule has 3 heterocycles. The van der Waals surface area contributed by atoms with E-state index in [2.05, 4.69) is 14.4 Å². The van der Waals surface area contributed by atoms with Crippen molar-refractivity contribution in [1.29, 1.82) is 1.34 Å². The molecule has 4 N–H and O–H groups in total. The topological polar surface area (TPSA) is 231 Å². The first-order chi connectivity index (χ1) is 27.2. The fourth-order valence-electron chi connectivity index (χ4n) is 3.99. The van der Waals surface area contributed by atoms with Crippen LogP contribution >= 0.6 is 0 Å². The Balaban J connectivity index is -0.000000320. The van der Waals surface area contributed by atoms with E-state index in [-0.39, 0.29) is 54.5 Å². The van der Waals surface area contributed by atoms with Gasteiger partial charge in [-0.05, 0) is 113 Å². The molecular weight excluding hydrogens is 747 g/mol. The Bertz CT molecular complexity index is 1170. The number of carbonyl (C=O) groups excluding carboxylic acids is 4. The summed E-state index contributed by atoms with van der Waals surface area (Å²) in [6.45, 7) is 6.75. The number of hydrogen-bond donors (Lipinski definition) is 4. The van der Waals surface area contributed by atoms with Gasteiger partial charge in [-0.2, -0.15) is 5.26 Å². The van der Waals surface area contributed by atoms with Crippen molar-refractivity contribution < 1.29 is 77.8 Å². The van der Waals surface area contributed by atoms with Crippen LogP contribution in [0.4, 0.5) is 0 Å². The van der Waals surface area contributed by atoms with Gasteiger partial charge in [0, 0.05) is 59.5 Å². The molecule has 3 saturated heterocycles. The number of benzene rings is 2. The van der Waals surface area contributed by atoms with Gasteiger partial charge in [0.1, 0.15) is 0 Å². The van der Waals surface area contributed by atoms with E-state index >= 15 is 0 Å². The van der Waals surface area contributed by atoms with Crippen LogP contribution in [-0.2, 0) is 38.0 Å². The Kier molecular flexibility index (Phi) is 44.8. The number of esters is 3. The van der Waals surface area contributed by atoms with Crippen molar-refractivity contribution in [2.45, 2.75) is 79.1 Å². The predicted molar refractivity (Wildman–Crippen MR) is 215 cm³/mol. The van der Waals surface area contributed by atoms with Crippen molar-refractivity contribution in [2.24, 2.45) is 0 Å². The molecule has 16 nitrogen and oxygen atoms in total. The molecule has 5 rings (SSSR count). The van der Waals surface area contributed by atoms with Gasteiger partial charge < -0.3 is 43.7 Å². The quantitative estimate of drug-likeness (QED) is 0.0574. The number of aliphatic hydroxyl groups excluding tert-OH is 3. The number of methoxy groups -OCH3 is 2. The molecule has 3 aliphatic heterocycles. The van der Waals surface area contributed by atoms with Crippen LogP contribution in [-0.4, -0.2) is 134 Å². The Morgan fingerprint density at radius 3 is 1.05 bits per heavy atom. The number of carbonyl (C=O) groups is 4. The summed E-state index contributed by atoms with van der Waals surface area (Å²) in [4.78, 5) is 48.0. The molecule has 2 aromatic carbocycles. The van der Waals surface area contributed by atoms with E-state index in [1.54, 1.807) is 0 Å². The molecule has 3 fully saturated rings. The van der Waals surface area contributed by atoms with E-state index in [4.69, 9.17) is 45.6 Å². The number of hydrogen-bond acceptors (Lipinski definition) is 16. The molecule has 0 saturated carbocycles. The van der Waals surface area contributed by atoms with Crippen molar-refractivity contribution >= 4 is 31.6 Å². The first-order valence-electron chi connectivity index (χ1n) is 18.6. The second-order valence-corrected chi connectivity index (χ2v) is 11.2. The summed E-state index contributed by atoms with van der Waals surface area (Å²) >= 11 is 0. The second-order valence-electron chi connectivity index (χ2n) is 11.2. The molecular formula is C40H67BO16. The van der Waals surface area contributed by atoms with Gasteiger partial charge in [0.2, 0.25) is 0 Å². The molecule has 3 aliphatic rings. The minimum absolute atomic E-state index is 0. The number of ether oxygens (including phenoxy) is 6. The Morgan fingerprint density at radius 1 is 0.561 bits per heavy atom. The summed E-state index contributed by atoms with van der Waals surface area (Å²) < 4.78 is 42.8. The van der Waals surface area contributed by atoms with Crippen LogP contribution in [0, 0.1) is 0 Å². The minimum atomic E-state index is -0.874. The van der Waals surface area contributed by atoms with E-state index in [9.17, 15) is 19.2 Å². The Labute approximate surface area is 340 Å². The van der Waals surface area contributed by atoms with Gasteiger partial charge >= 0.3 is 37.6 Å². The molecule has 326 valence electrons. The van der Waals surface area contributed by atoms with Gasteiger partial charge in [-0.25, -0.2) is 19.2 Å². The fourth-order valence-corrected chi connectivity index (χ4v) is 3.99. The molecule has 0 aromatic heterocycles. The first kappa shape index (κ1) is 57.2. The molecule has 0 atom stereocenters. The SMILES string of the molecule is C.C.C1CCOC1.C1CCOC1.C1CCOC1.COC(=O)c1ccc(C(=O)OCCCCO)cc1.COC(=O)c1ccc(C(=O)OO)cc1.OCCCCO.[2H]B=O. The van der Waals surface area contributed by atoms with Crippen molar-refractivity contribution in [3.63, 3.8) is 0 Å². The van der Waals surface area contributed by atoms with Crippen LogP contribution in [0.25, 0.3) is 0 Å². The normalized spacial score (nSPS) is 12.8. The van der Waals surface area contributed by atoms with Gasteiger partial charge in [-0.1, -0.05) is 14.9 Å². The average Bonchev–Trinajstić information content (AvgIpc) is 4.10. The van der Waals surface area contributed by atoms with Crippen LogP contribution < -0.4 is 0 Å². The maximum absolute atomic E-state index is 11.6. The summed E-state index contributed by atoms with van der Waals surface area (Å²) in [5, 5.41) is 32.8. The first-order valence-corrected chi connectivity index (χ1v) is 18.0. The van der Waals surface area contributed by atoms with Crippen molar-refractivity contribution in [2.75, 3.05) is 80.3 Å². The summed E-state index contributed by atoms with van der Waals surface area (Å²) in [5.41, 5.74) is 1.24. The average molecular weight is 816 g/mol. The van der Waals surface area contributed by atoms with Gasteiger partial charge in [0.15, 0.2) is 0 Å². The Hall–Kier alpha value is -4.10. The van der Waals surface area contributed by atoms with Gasteiger partial charge in [-0.3, -0.25) is 4.89 Å². The summed E-state index contributed by atoms with van der Waals surface area (Å²) in [5.74, 6) is -2.25. The molecule has 0 amide bonds. The number of aliphatic hydroxyl groups is 3. The second kappa shape index (κ2) is 44.6. The molecule has 0 radical (unpaired) electrons. The van der Waals surface area contributed by atoms with E-state index in [0.717, 1.165) is 52.5 Å². The monoisotopic (exact) mass is 815 g/mol. The van der Waals surface area contributed by atoms with E-state index in [1.165, 1.54) is 101 Å². The summed E-state index contributed by atoms with van der Waals surface area (Å²) in [7, 11) is 2.56. The third-order valence-corrected chi connectivity index (χ3v) is 7.00. The van der Waals surface area contributed by atoms with E-state index in [0.29, 0.717) is 29.5 Å². The zero-order valence-corrected chi connectivity index (χ0v) is 32.0. The van der Waals surface area contributed by atoms with Crippen LogP contribution in [0.3, 0.4) is 0 Å². The number of rotatable bonds is 11. The molecule has 0 bridgehead atoms. The fraction of sp³-hybridized carbons (Fsp3) is 0.600. The number of unbranched alkanes of at least 4 members (excludes halogenated alkanes) is 2. The summed E-state index contributed by atoms with van der Waals surface area (Å²) in [6.07, 6.45) is 10.3. The standard InChI is InChI=1S/C13H16O5.C9H8O5.C4H10O2.3C4H8O.2CH4.BHO/c1-17-12(15)10-4-6-11(7-5-10)13(16)18-9-3-2-8-14;1-13-8(10)6-2-4-7(5-3-6)9(11)14-12;5-3-1-2-4-6;3*1-2-4-5-3-1;;;1-2/h4-7,14H,2-3,8-9H2,1H3;2-5,12H,1H3;5-6H,1-4H2;3*1-4H2;2*1H4;1H/i;;;;;;;;1D. The predicted octanol–water partition coefficient (Wildman–Crippen LogP) is 5.15. The molecule has 0 spiro atoms.